The molecule has 188 valence electrons. The Hall–Kier alpha value is -2.77. The zero-order chi connectivity index (χ0) is 25.4. The Morgan fingerprint density at radius 3 is 2.63 bits per heavy atom. The molecule has 7 nitrogen and oxygen atoms in total. The molecule has 0 spiro atoms. The van der Waals surface area contributed by atoms with E-state index in [0.717, 1.165) is 0 Å². The number of amides is 3. The second-order valence-electron chi connectivity index (χ2n) is 9.05. The van der Waals surface area contributed by atoms with Crippen LogP contribution in [0.4, 0.5) is 0 Å². The Balaban J connectivity index is 1.83. The first-order chi connectivity index (χ1) is 16.7. The summed E-state index contributed by atoms with van der Waals surface area (Å²) in [5, 5.41) is 6.79. The summed E-state index contributed by atoms with van der Waals surface area (Å²) in [5.74, 6) is -0.121. The molecule has 0 unspecified atom stereocenters. The maximum Gasteiger partial charge on any atom is 0.255 e. The predicted molar refractivity (Wildman–Crippen MR) is 137 cm³/mol. The van der Waals surface area contributed by atoms with Gasteiger partial charge >= 0.3 is 0 Å². The molecule has 0 fully saturated rings. The molecule has 3 amide bonds. The van der Waals surface area contributed by atoms with Crippen molar-refractivity contribution in [2.24, 2.45) is 5.92 Å². The highest BCUT2D eigenvalue weighted by atomic mass is 35.5. The monoisotopic (exact) mass is 519 g/mol. The van der Waals surface area contributed by atoms with Crippen LogP contribution in [-0.4, -0.2) is 54.9 Å². The predicted octanol–water partition coefficient (Wildman–Crippen LogP) is 4.57. The topological polar surface area (TPSA) is 87.7 Å². The van der Waals surface area contributed by atoms with Gasteiger partial charge in [-0.05, 0) is 61.6 Å². The first-order valence-electron chi connectivity index (χ1n) is 11.8. The highest BCUT2D eigenvalue weighted by Crippen LogP contribution is 2.24. The quantitative estimate of drug-likeness (QED) is 0.621. The largest absolute Gasteiger partial charge is 0.491 e. The first kappa shape index (κ1) is 26.8. The standard InChI is InChI=1S/C26H31Cl2N3O4/c1-17(2)12-21-16-35-23-9-8-20(28)14-22(23)25(33)29-10-3-4-11-31(15-24(32)30-21)26(34)18-6-5-7-19(27)13-18/h5-9,13-14,17,21H,3-4,10-12,15-16H2,1-2H3,(H,29,33)(H,30,32)/t21-/m1/s1. The van der Waals surface area contributed by atoms with Crippen LogP contribution in [0, 0.1) is 5.92 Å². The maximum absolute atomic E-state index is 13.2. The maximum atomic E-state index is 13.2. The third-order valence-corrected chi connectivity index (χ3v) is 6.05. The Morgan fingerprint density at radius 2 is 1.89 bits per heavy atom. The molecule has 1 heterocycles. The number of fused-ring (bicyclic) bond motifs is 1. The van der Waals surface area contributed by atoms with Gasteiger partial charge in [0.05, 0.1) is 18.2 Å². The molecule has 1 atom stereocenters. The number of hydrogen-bond donors (Lipinski definition) is 2. The van der Waals surface area contributed by atoms with Crippen molar-refractivity contribution in [3.63, 3.8) is 0 Å². The summed E-state index contributed by atoms with van der Waals surface area (Å²) >= 11 is 12.2. The zero-order valence-corrected chi connectivity index (χ0v) is 21.5. The smallest absolute Gasteiger partial charge is 0.255 e. The van der Waals surface area contributed by atoms with Gasteiger partial charge in [-0.15, -0.1) is 0 Å². The van der Waals surface area contributed by atoms with Gasteiger partial charge in [-0.1, -0.05) is 43.1 Å². The van der Waals surface area contributed by atoms with Gasteiger partial charge in [-0.3, -0.25) is 14.4 Å². The Morgan fingerprint density at radius 1 is 1.11 bits per heavy atom. The number of nitrogens with zero attached hydrogens (tertiary/aromatic N) is 1. The van der Waals surface area contributed by atoms with Gasteiger partial charge in [0.2, 0.25) is 5.91 Å². The number of carbonyl (C=O) groups is 3. The Kier molecular flexibility index (Phi) is 9.81. The lowest BCUT2D eigenvalue weighted by Gasteiger charge is -2.25. The molecule has 35 heavy (non-hydrogen) atoms. The molecule has 2 aromatic rings. The van der Waals surface area contributed by atoms with Crippen LogP contribution in [0.2, 0.25) is 10.0 Å². The van der Waals surface area contributed by atoms with Crippen LogP contribution in [0.25, 0.3) is 0 Å². The van der Waals surface area contributed by atoms with E-state index in [2.05, 4.69) is 24.5 Å². The summed E-state index contributed by atoms with van der Waals surface area (Å²) in [5.41, 5.74) is 0.769. The van der Waals surface area contributed by atoms with Gasteiger partial charge in [0, 0.05) is 28.7 Å². The fraction of sp³-hybridized carbons (Fsp3) is 0.423. The van der Waals surface area contributed by atoms with E-state index in [4.69, 9.17) is 27.9 Å². The minimum absolute atomic E-state index is 0.0848. The molecule has 0 aliphatic carbocycles. The summed E-state index contributed by atoms with van der Waals surface area (Å²) in [7, 11) is 0. The molecule has 3 rings (SSSR count). The van der Waals surface area contributed by atoms with E-state index < -0.39 is 0 Å². The Bertz CT molecular complexity index is 1060. The fourth-order valence-electron chi connectivity index (χ4n) is 3.96. The van der Waals surface area contributed by atoms with Gasteiger partial charge in [0.15, 0.2) is 0 Å². The third kappa shape index (κ3) is 8.15. The molecule has 9 heteroatoms. The molecule has 0 aromatic heterocycles. The minimum atomic E-state index is -0.303. The number of hydrogen-bond acceptors (Lipinski definition) is 4. The van der Waals surface area contributed by atoms with E-state index in [1.807, 2.05) is 0 Å². The van der Waals surface area contributed by atoms with Crippen molar-refractivity contribution in [3.8, 4) is 5.75 Å². The molecule has 2 aromatic carbocycles. The summed E-state index contributed by atoms with van der Waals surface area (Å²) in [6.07, 6.45) is 1.90. The van der Waals surface area contributed by atoms with Gasteiger partial charge in [-0.25, -0.2) is 0 Å². The number of nitrogens with one attached hydrogen (secondary N) is 2. The number of rotatable bonds is 3. The molecule has 1 aliphatic rings. The van der Waals surface area contributed by atoms with Crippen LogP contribution >= 0.6 is 23.2 Å². The lowest BCUT2D eigenvalue weighted by atomic mass is 10.0. The number of halogens is 2. The molecule has 0 bridgehead atoms. The van der Waals surface area contributed by atoms with Crippen LogP contribution in [0.5, 0.6) is 5.75 Å². The highest BCUT2D eigenvalue weighted by Gasteiger charge is 2.23. The number of benzene rings is 2. The molecule has 2 N–H and O–H groups in total. The van der Waals surface area contributed by atoms with E-state index >= 15 is 0 Å². The summed E-state index contributed by atoms with van der Waals surface area (Å²) in [4.78, 5) is 40.5. The third-order valence-electron chi connectivity index (χ3n) is 5.58. The van der Waals surface area contributed by atoms with E-state index in [-0.39, 0.29) is 36.9 Å². The van der Waals surface area contributed by atoms with Crippen molar-refractivity contribution in [2.45, 2.75) is 39.2 Å². The number of carbonyl (C=O) groups excluding carboxylic acids is 3. The number of ether oxygens (including phenoxy) is 1. The average molecular weight is 520 g/mol. The normalized spacial score (nSPS) is 18.0. The lowest BCUT2D eigenvalue weighted by molar-refractivity contribution is -0.122. The van der Waals surface area contributed by atoms with E-state index in [9.17, 15) is 14.4 Å². The first-order valence-corrected chi connectivity index (χ1v) is 12.5. The van der Waals surface area contributed by atoms with Crippen molar-refractivity contribution in [2.75, 3.05) is 26.2 Å². The van der Waals surface area contributed by atoms with Gasteiger partial charge < -0.3 is 20.3 Å². The molecular formula is C26H31Cl2N3O4. The average Bonchev–Trinajstić information content (AvgIpc) is 2.81. The summed E-state index contributed by atoms with van der Waals surface area (Å²) in [6, 6.07) is 11.3. The van der Waals surface area contributed by atoms with Crippen LogP contribution < -0.4 is 15.4 Å². The highest BCUT2D eigenvalue weighted by molar-refractivity contribution is 6.31. The second-order valence-corrected chi connectivity index (χ2v) is 9.92. The van der Waals surface area contributed by atoms with Crippen molar-refractivity contribution >= 4 is 40.9 Å². The van der Waals surface area contributed by atoms with Gasteiger partial charge in [-0.2, -0.15) is 0 Å². The molecule has 1 aliphatic heterocycles. The van der Waals surface area contributed by atoms with Crippen LogP contribution in [0.1, 0.15) is 53.8 Å². The van der Waals surface area contributed by atoms with Crippen molar-refractivity contribution < 1.29 is 19.1 Å². The van der Waals surface area contributed by atoms with Gasteiger partial charge in [0.1, 0.15) is 12.4 Å². The van der Waals surface area contributed by atoms with Crippen LogP contribution in [-0.2, 0) is 4.79 Å². The SMILES string of the molecule is CC(C)C[C@@H]1COc2ccc(Cl)cc2C(=O)NCCCCN(C(=O)c2cccc(Cl)c2)CC(=O)N1. The van der Waals surface area contributed by atoms with Crippen molar-refractivity contribution in [1.29, 1.82) is 0 Å². The van der Waals surface area contributed by atoms with Crippen molar-refractivity contribution in [3.05, 3.63) is 63.6 Å². The van der Waals surface area contributed by atoms with Crippen molar-refractivity contribution in [1.82, 2.24) is 15.5 Å². The summed E-state index contributed by atoms with van der Waals surface area (Å²) < 4.78 is 5.98. The summed E-state index contributed by atoms with van der Waals surface area (Å²) in [6.45, 7) is 4.97. The fourth-order valence-corrected chi connectivity index (χ4v) is 4.32. The second kappa shape index (κ2) is 12.8. The van der Waals surface area contributed by atoms with Gasteiger partial charge in [0.25, 0.3) is 11.8 Å². The minimum Gasteiger partial charge on any atom is -0.491 e. The molecule has 0 radical (unpaired) electrons. The Labute approximate surface area is 216 Å². The van der Waals surface area contributed by atoms with E-state index in [0.29, 0.717) is 65.2 Å². The van der Waals surface area contributed by atoms with E-state index in [1.54, 1.807) is 42.5 Å². The molecule has 0 saturated carbocycles. The molecule has 0 saturated heterocycles. The van der Waals surface area contributed by atoms with Crippen LogP contribution in [0.15, 0.2) is 42.5 Å². The van der Waals surface area contributed by atoms with E-state index in [1.165, 1.54) is 4.90 Å². The zero-order valence-electron chi connectivity index (χ0n) is 20.0. The lowest BCUT2D eigenvalue weighted by Crippen LogP contribution is -2.46. The van der Waals surface area contributed by atoms with Crippen LogP contribution in [0.3, 0.4) is 0 Å². The molecular weight excluding hydrogens is 489 g/mol.